The third-order valence-electron chi connectivity index (χ3n) is 2.86. The van der Waals surface area contributed by atoms with Gasteiger partial charge < -0.3 is 10.1 Å². The van der Waals surface area contributed by atoms with E-state index >= 15 is 0 Å². The van der Waals surface area contributed by atoms with Gasteiger partial charge in [0, 0.05) is 6.07 Å². The van der Waals surface area contributed by atoms with Gasteiger partial charge in [-0.2, -0.15) is 0 Å². The van der Waals surface area contributed by atoms with Crippen molar-refractivity contribution < 1.29 is 18.3 Å². The predicted molar refractivity (Wildman–Crippen MR) is 79.7 cm³/mol. The summed E-state index contributed by atoms with van der Waals surface area (Å²) >= 11 is 2.88. The summed E-state index contributed by atoms with van der Waals surface area (Å²) < 4.78 is 32.2. The van der Waals surface area contributed by atoms with Crippen LogP contribution in [0.1, 0.15) is 15.9 Å². The molecule has 0 aliphatic heterocycles. The average molecular weight is 356 g/mol. The van der Waals surface area contributed by atoms with Crippen LogP contribution in [0, 0.1) is 18.6 Å². The number of hydrogen-bond acceptors (Lipinski definition) is 2. The summed E-state index contributed by atoms with van der Waals surface area (Å²) in [5.74, 6) is -1.61. The summed E-state index contributed by atoms with van der Waals surface area (Å²) in [4.78, 5) is 12.2. The molecule has 1 amide bonds. The molecule has 2 rings (SSSR count). The van der Waals surface area contributed by atoms with Crippen molar-refractivity contribution in [1.82, 2.24) is 0 Å². The van der Waals surface area contributed by atoms with Crippen LogP contribution in [-0.4, -0.2) is 13.0 Å². The number of amides is 1. The Bertz CT molecular complexity index is 704. The molecule has 0 aromatic heterocycles. The van der Waals surface area contributed by atoms with Crippen molar-refractivity contribution in [3.8, 4) is 5.75 Å². The van der Waals surface area contributed by atoms with Crippen LogP contribution in [0.25, 0.3) is 0 Å². The number of rotatable bonds is 3. The second-order valence-corrected chi connectivity index (χ2v) is 5.26. The quantitative estimate of drug-likeness (QED) is 0.833. The molecule has 0 saturated heterocycles. The zero-order valence-electron chi connectivity index (χ0n) is 11.3. The van der Waals surface area contributed by atoms with Gasteiger partial charge in [0.1, 0.15) is 17.4 Å². The molecule has 110 valence electrons. The fraction of sp³-hybridized carbons (Fsp3) is 0.133. The van der Waals surface area contributed by atoms with E-state index < -0.39 is 17.5 Å². The van der Waals surface area contributed by atoms with E-state index in [2.05, 4.69) is 21.2 Å². The van der Waals surface area contributed by atoms with Crippen molar-refractivity contribution >= 4 is 27.5 Å². The molecule has 0 aliphatic carbocycles. The van der Waals surface area contributed by atoms with E-state index in [-0.39, 0.29) is 15.7 Å². The van der Waals surface area contributed by atoms with E-state index in [0.717, 1.165) is 17.7 Å². The zero-order valence-corrected chi connectivity index (χ0v) is 12.9. The Labute approximate surface area is 129 Å². The highest BCUT2D eigenvalue weighted by molar-refractivity contribution is 9.10. The normalized spacial score (nSPS) is 10.3. The van der Waals surface area contributed by atoms with Gasteiger partial charge in [0.15, 0.2) is 0 Å². The van der Waals surface area contributed by atoms with Gasteiger partial charge in [0.2, 0.25) is 0 Å². The third-order valence-corrected chi connectivity index (χ3v) is 3.47. The minimum Gasteiger partial charge on any atom is -0.496 e. The first-order valence-corrected chi connectivity index (χ1v) is 6.82. The Morgan fingerprint density at radius 3 is 2.57 bits per heavy atom. The smallest absolute Gasteiger partial charge is 0.259 e. The first kappa shape index (κ1) is 15.4. The molecule has 0 fully saturated rings. The molecule has 6 heteroatoms. The minimum absolute atomic E-state index is 0.00821. The molecule has 0 spiro atoms. The molecule has 3 nitrogen and oxygen atoms in total. The average Bonchev–Trinajstić information content (AvgIpc) is 2.44. The lowest BCUT2D eigenvalue weighted by Gasteiger charge is -2.11. The number of methoxy groups -OCH3 is 1. The molecule has 0 bridgehead atoms. The number of halogens is 3. The lowest BCUT2D eigenvalue weighted by Crippen LogP contribution is -2.14. The first-order valence-electron chi connectivity index (χ1n) is 6.03. The fourth-order valence-corrected chi connectivity index (χ4v) is 2.12. The Kier molecular flexibility index (Phi) is 4.57. The van der Waals surface area contributed by atoms with Gasteiger partial charge in [-0.15, -0.1) is 0 Å². The molecule has 2 aromatic rings. The second kappa shape index (κ2) is 6.22. The molecule has 0 radical (unpaired) electrons. The summed E-state index contributed by atoms with van der Waals surface area (Å²) in [6.07, 6.45) is 0. The number of benzene rings is 2. The van der Waals surface area contributed by atoms with Crippen molar-refractivity contribution in [2.24, 2.45) is 0 Å². The van der Waals surface area contributed by atoms with E-state index in [0.29, 0.717) is 5.75 Å². The second-order valence-electron chi connectivity index (χ2n) is 4.40. The van der Waals surface area contributed by atoms with Gasteiger partial charge in [-0.1, -0.05) is 11.6 Å². The molecule has 0 heterocycles. The van der Waals surface area contributed by atoms with Gasteiger partial charge in [0.05, 0.1) is 22.8 Å². The summed E-state index contributed by atoms with van der Waals surface area (Å²) in [6.45, 7) is 1.82. The SMILES string of the molecule is COc1ccc(C)cc1C(=O)Nc1cc(F)c(Br)cc1F. The van der Waals surface area contributed by atoms with Crippen LogP contribution < -0.4 is 10.1 Å². The maximum atomic E-state index is 13.7. The molecule has 2 aromatic carbocycles. The number of anilines is 1. The molecule has 0 unspecified atom stereocenters. The van der Waals surface area contributed by atoms with Crippen molar-refractivity contribution in [1.29, 1.82) is 0 Å². The summed E-state index contributed by atoms with van der Waals surface area (Å²) in [7, 11) is 1.43. The number of carbonyl (C=O) groups excluding carboxylic acids is 1. The van der Waals surface area contributed by atoms with E-state index in [4.69, 9.17) is 4.74 Å². The number of nitrogens with one attached hydrogen (secondary N) is 1. The molecule has 0 aliphatic rings. The molecule has 0 saturated carbocycles. The van der Waals surface area contributed by atoms with Crippen LogP contribution in [-0.2, 0) is 0 Å². The van der Waals surface area contributed by atoms with Gasteiger partial charge in [-0.25, -0.2) is 8.78 Å². The molecule has 0 atom stereocenters. The summed E-state index contributed by atoms with van der Waals surface area (Å²) in [6, 6.07) is 6.91. The topological polar surface area (TPSA) is 38.3 Å². The summed E-state index contributed by atoms with van der Waals surface area (Å²) in [5, 5.41) is 2.34. The third kappa shape index (κ3) is 3.39. The number of aryl methyl sites for hydroxylation is 1. The highest BCUT2D eigenvalue weighted by atomic mass is 79.9. The lowest BCUT2D eigenvalue weighted by atomic mass is 10.1. The lowest BCUT2D eigenvalue weighted by molar-refractivity contribution is 0.102. The van der Waals surface area contributed by atoms with Gasteiger partial charge in [-0.3, -0.25) is 4.79 Å². The van der Waals surface area contributed by atoms with Gasteiger partial charge in [0.25, 0.3) is 5.91 Å². The molecular formula is C15H12BrF2NO2. The van der Waals surface area contributed by atoms with Gasteiger partial charge >= 0.3 is 0 Å². The molecular weight excluding hydrogens is 344 g/mol. The fourth-order valence-electron chi connectivity index (χ4n) is 1.81. The highest BCUT2D eigenvalue weighted by Gasteiger charge is 2.16. The minimum atomic E-state index is -0.733. The van der Waals surface area contributed by atoms with Crippen molar-refractivity contribution in [2.45, 2.75) is 6.92 Å². The number of hydrogen-bond donors (Lipinski definition) is 1. The van der Waals surface area contributed by atoms with Crippen molar-refractivity contribution in [3.05, 3.63) is 57.6 Å². The number of ether oxygens (including phenoxy) is 1. The van der Waals surface area contributed by atoms with Gasteiger partial charge in [-0.05, 0) is 41.1 Å². The van der Waals surface area contributed by atoms with Crippen molar-refractivity contribution in [2.75, 3.05) is 12.4 Å². The first-order chi connectivity index (χ1) is 9.92. The Balaban J connectivity index is 2.34. The Morgan fingerprint density at radius 2 is 1.90 bits per heavy atom. The maximum absolute atomic E-state index is 13.7. The van der Waals surface area contributed by atoms with Crippen molar-refractivity contribution in [3.63, 3.8) is 0 Å². The van der Waals surface area contributed by atoms with Crippen LogP contribution in [0.4, 0.5) is 14.5 Å². The number of carbonyl (C=O) groups is 1. The van der Waals surface area contributed by atoms with Crippen LogP contribution in [0.5, 0.6) is 5.75 Å². The molecule has 21 heavy (non-hydrogen) atoms. The van der Waals surface area contributed by atoms with E-state index in [1.54, 1.807) is 18.2 Å². The summed E-state index contributed by atoms with van der Waals surface area (Å²) in [5.41, 5.74) is 0.868. The standard InChI is InChI=1S/C15H12BrF2NO2/c1-8-3-4-14(21-2)9(5-8)15(20)19-13-7-11(17)10(16)6-12(13)18/h3-7H,1-2H3,(H,19,20). The van der Waals surface area contributed by atoms with Crippen LogP contribution in [0.15, 0.2) is 34.8 Å². The monoisotopic (exact) mass is 355 g/mol. The highest BCUT2D eigenvalue weighted by Crippen LogP contribution is 2.25. The van der Waals surface area contributed by atoms with Crippen LogP contribution in [0.3, 0.4) is 0 Å². The predicted octanol–water partition coefficient (Wildman–Crippen LogP) is 4.30. The van der Waals surface area contributed by atoms with E-state index in [1.165, 1.54) is 7.11 Å². The van der Waals surface area contributed by atoms with Crippen LogP contribution in [0.2, 0.25) is 0 Å². The molecule has 1 N–H and O–H groups in total. The van der Waals surface area contributed by atoms with Crippen LogP contribution >= 0.6 is 15.9 Å². The zero-order chi connectivity index (χ0) is 15.6. The van der Waals surface area contributed by atoms with E-state index in [1.807, 2.05) is 6.92 Å². The largest absolute Gasteiger partial charge is 0.496 e. The Hall–Kier alpha value is -1.95. The van der Waals surface area contributed by atoms with E-state index in [9.17, 15) is 13.6 Å². The maximum Gasteiger partial charge on any atom is 0.259 e. The Morgan fingerprint density at radius 1 is 1.19 bits per heavy atom.